The summed E-state index contributed by atoms with van der Waals surface area (Å²) in [7, 11) is -2.15. The predicted molar refractivity (Wildman–Crippen MR) is 147 cm³/mol. The van der Waals surface area contributed by atoms with Crippen molar-refractivity contribution in [3.05, 3.63) is 64.1 Å². The summed E-state index contributed by atoms with van der Waals surface area (Å²) >= 11 is 12.4. The standard InChI is InChI=1S/C27H35Cl2N3O4S/c1-20(27(34)30-23-10-5-3-6-11-23)32(19-21-15-16-22(28)18-25(21)29)26(33)14-9-17-31(2)37(35,36)24-12-7-4-8-13-24/h4,7-8,12-13,15-16,18,20,23H,3,5-6,9-11,14,17,19H2,1-2H3,(H,30,34). The fraction of sp³-hybridized carbons (Fsp3) is 0.481. The van der Waals surface area contributed by atoms with E-state index in [1.54, 1.807) is 55.5 Å². The van der Waals surface area contributed by atoms with Gasteiger partial charge in [-0.1, -0.05) is 66.7 Å². The predicted octanol–water partition coefficient (Wildman–Crippen LogP) is 5.26. The topological polar surface area (TPSA) is 86.8 Å². The van der Waals surface area contributed by atoms with Gasteiger partial charge in [-0.25, -0.2) is 12.7 Å². The van der Waals surface area contributed by atoms with E-state index in [1.807, 2.05) is 0 Å². The van der Waals surface area contributed by atoms with Crippen LogP contribution in [0.5, 0.6) is 0 Å². The Balaban J connectivity index is 1.68. The molecule has 202 valence electrons. The third-order valence-electron chi connectivity index (χ3n) is 6.79. The summed E-state index contributed by atoms with van der Waals surface area (Å²) in [5, 5.41) is 4.00. The van der Waals surface area contributed by atoms with Crippen molar-refractivity contribution in [2.75, 3.05) is 13.6 Å². The minimum absolute atomic E-state index is 0.0842. The van der Waals surface area contributed by atoms with E-state index in [0.717, 1.165) is 25.7 Å². The van der Waals surface area contributed by atoms with Gasteiger partial charge >= 0.3 is 0 Å². The molecular formula is C27H35Cl2N3O4S. The Kier molecular flexibility index (Phi) is 10.8. The molecule has 10 heteroatoms. The van der Waals surface area contributed by atoms with Crippen molar-refractivity contribution < 1.29 is 18.0 Å². The van der Waals surface area contributed by atoms with Crippen LogP contribution >= 0.6 is 23.2 Å². The van der Waals surface area contributed by atoms with Crippen LogP contribution in [0.25, 0.3) is 0 Å². The molecule has 1 N–H and O–H groups in total. The second-order valence-corrected chi connectivity index (χ2v) is 12.4. The second-order valence-electron chi connectivity index (χ2n) is 9.52. The van der Waals surface area contributed by atoms with Gasteiger partial charge < -0.3 is 10.2 Å². The molecule has 0 heterocycles. The van der Waals surface area contributed by atoms with Gasteiger partial charge in [0.15, 0.2) is 0 Å². The molecule has 1 aliphatic carbocycles. The van der Waals surface area contributed by atoms with Crippen molar-refractivity contribution in [1.29, 1.82) is 0 Å². The van der Waals surface area contributed by atoms with Gasteiger partial charge in [0.2, 0.25) is 21.8 Å². The Bertz CT molecular complexity index is 1170. The number of carbonyl (C=O) groups excluding carboxylic acids is 2. The molecule has 0 radical (unpaired) electrons. The first-order valence-corrected chi connectivity index (χ1v) is 14.8. The Morgan fingerprint density at radius 3 is 2.38 bits per heavy atom. The first-order chi connectivity index (χ1) is 17.6. The fourth-order valence-electron chi connectivity index (χ4n) is 4.47. The summed E-state index contributed by atoms with van der Waals surface area (Å²) in [4.78, 5) is 28.2. The molecule has 3 rings (SSSR count). The van der Waals surface area contributed by atoms with Crippen molar-refractivity contribution in [1.82, 2.24) is 14.5 Å². The van der Waals surface area contributed by atoms with Crippen molar-refractivity contribution in [2.24, 2.45) is 0 Å². The summed E-state index contributed by atoms with van der Waals surface area (Å²) in [6.45, 7) is 2.03. The van der Waals surface area contributed by atoms with Gasteiger partial charge in [0.25, 0.3) is 0 Å². The highest BCUT2D eigenvalue weighted by atomic mass is 35.5. The summed E-state index contributed by atoms with van der Waals surface area (Å²) in [6, 6.07) is 12.6. The average molecular weight is 569 g/mol. The Morgan fingerprint density at radius 2 is 1.73 bits per heavy atom. The Hall–Kier alpha value is -2.13. The molecule has 1 fully saturated rings. The van der Waals surface area contributed by atoms with Gasteiger partial charge in [0, 0.05) is 42.6 Å². The van der Waals surface area contributed by atoms with Crippen molar-refractivity contribution in [3.8, 4) is 0 Å². The lowest BCUT2D eigenvalue weighted by Gasteiger charge is -2.31. The highest BCUT2D eigenvalue weighted by molar-refractivity contribution is 7.89. The van der Waals surface area contributed by atoms with Crippen LogP contribution in [0.1, 0.15) is 57.4 Å². The van der Waals surface area contributed by atoms with Crippen LogP contribution in [0, 0.1) is 0 Å². The highest BCUT2D eigenvalue weighted by Gasteiger charge is 2.29. The average Bonchev–Trinajstić information content (AvgIpc) is 2.88. The molecule has 1 unspecified atom stereocenters. The largest absolute Gasteiger partial charge is 0.352 e. The third kappa shape index (κ3) is 8.18. The van der Waals surface area contributed by atoms with Crippen LogP contribution in [0.4, 0.5) is 0 Å². The second kappa shape index (κ2) is 13.6. The van der Waals surface area contributed by atoms with E-state index < -0.39 is 16.1 Å². The quantitative estimate of drug-likeness (QED) is 0.401. The first-order valence-electron chi connectivity index (χ1n) is 12.6. The molecule has 7 nitrogen and oxygen atoms in total. The minimum atomic E-state index is -3.65. The van der Waals surface area contributed by atoms with E-state index in [-0.39, 0.29) is 42.3 Å². The lowest BCUT2D eigenvalue weighted by Crippen LogP contribution is -2.50. The van der Waals surface area contributed by atoms with Crippen molar-refractivity contribution in [2.45, 2.75) is 75.4 Å². The van der Waals surface area contributed by atoms with Gasteiger partial charge in [-0.3, -0.25) is 9.59 Å². The molecule has 1 aliphatic rings. The number of nitrogens with one attached hydrogen (secondary N) is 1. The van der Waals surface area contributed by atoms with E-state index in [9.17, 15) is 18.0 Å². The molecule has 1 atom stereocenters. The van der Waals surface area contributed by atoms with E-state index in [1.165, 1.54) is 22.7 Å². The van der Waals surface area contributed by atoms with E-state index in [2.05, 4.69) is 5.32 Å². The number of nitrogens with zero attached hydrogens (tertiary/aromatic N) is 2. The number of hydrogen-bond donors (Lipinski definition) is 1. The molecule has 0 aliphatic heterocycles. The summed E-state index contributed by atoms with van der Waals surface area (Å²) in [5.74, 6) is -0.447. The normalized spacial score (nSPS) is 15.4. The minimum Gasteiger partial charge on any atom is -0.352 e. The molecule has 2 aromatic carbocycles. The fourth-order valence-corrected chi connectivity index (χ4v) is 6.17. The van der Waals surface area contributed by atoms with Gasteiger partial charge in [-0.05, 0) is 56.0 Å². The van der Waals surface area contributed by atoms with Crippen LogP contribution in [0.15, 0.2) is 53.4 Å². The van der Waals surface area contributed by atoms with Crippen LogP contribution in [0.2, 0.25) is 10.0 Å². The SMILES string of the molecule is CC(C(=O)NC1CCCCC1)N(Cc1ccc(Cl)cc1Cl)C(=O)CCCN(C)S(=O)(=O)c1ccccc1. The summed E-state index contributed by atoms with van der Waals surface area (Å²) in [5.41, 5.74) is 0.681. The zero-order valence-corrected chi connectivity index (χ0v) is 23.7. The Morgan fingerprint density at radius 1 is 1.05 bits per heavy atom. The molecule has 0 aromatic heterocycles. The van der Waals surface area contributed by atoms with Gasteiger partial charge in [0.1, 0.15) is 6.04 Å². The summed E-state index contributed by atoms with van der Waals surface area (Å²) < 4.78 is 26.8. The molecule has 0 bridgehead atoms. The Labute approximate surface area is 230 Å². The van der Waals surface area contributed by atoms with Crippen LogP contribution in [0.3, 0.4) is 0 Å². The van der Waals surface area contributed by atoms with Crippen molar-refractivity contribution in [3.63, 3.8) is 0 Å². The maximum atomic E-state index is 13.4. The molecule has 2 aromatic rings. The van der Waals surface area contributed by atoms with Crippen LogP contribution in [-0.4, -0.2) is 55.1 Å². The molecule has 37 heavy (non-hydrogen) atoms. The third-order valence-corrected chi connectivity index (χ3v) is 9.25. The van der Waals surface area contributed by atoms with E-state index in [4.69, 9.17) is 23.2 Å². The number of hydrogen-bond acceptors (Lipinski definition) is 4. The van der Waals surface area contributed by atoms with Crippen LogP contribution < -0.4 is 5.32 Å². The lowest BCUT2D eigenvalue weighted by molar-refractivity contribution is -0.141. The molecule has 2 amide bonds. The number of benzene rings is 2. The zero-order chi connectivity index (χ0) is 27.0. The lowest BCUT2D eigenvalue weighted by atomic mass is 9.95. The number of carbonyl (C=O) groups is 2. The van der Waals surface area contributed by atoms with Crippen molar-refractivity contribution >= 4 is 45.0 Å². The maximum Gasteiger partial charge on any atom is 0.242 e. The first kappa shape index (κ1) is 29.4. The smallest absolute Gasteiger partial charge is 0.242 e. The maximum absolute atomic E-state index is 13.4. The van der Waals surface area contributed by atoms with E-state index >= 15 is 0 Å². The molecule has 1 saturated carbocycles. The van der Waals surface area contributed by atoms with Gasteiger partial charge in [-0.2, -0.15) is 0 Å². The molecular weight excluding hydrogens is 533 g/mol. The number of halogens is 2. The number of rotatable bonds is 11. The van der Waals surface area contributed by atoms with Crippen LogP contribution in [-0.2, 0) is 26.2 Å². The highest BCUT2D eigenvalue weighted by Crippen LogP contribution is 2.24. The van der Waals surface area contributed by atoms with Gasteiger partial charge in [0.05, 0.1) is 4.90 Å². The summed E-state index contributed by atoms with van der Waals surface area (Å²) in [6.07, 6.45) is 5.62. The molecule has 0 saturated heterocycles. The zero-order valence-electron chi connectivity index (χ0n) is 21.3. The monoisotopic (exact) mass is 567 g/mol. The number of sulfonamides is 1. The van der Waals surface area contributed by atoms with Gasteiger partial charge in [-0.15, -0.1) is 0 Å². The number of amides is 2. The van der Waals surface area contributed by atoms with E-state index in [0.29, 0.717) is 22.0 Å². The molecule has 0 spiro atoms.